The van der Waals surface area contributed by atoms with Gasteiger partial charge in [-0.3, -0.25) is 0 Å². The number of benzene rings is 1. The van der Waals surface area contributed by atoms with E-state index in [-0.39, 0.29) is 11.7 Å². The van der Waals surface area contributed by atoms with E-state index in [1.165, 1.54) is 6.07 Å². The highest BCUT2D eigenvalue weighted by Crippen LogP contribution is 2.33. The van der Waals surface area contributed by atoms with Crippen LogP contribution < -0.4 is 9.64 Å². The zero-order valence-corrected chi connectivity index (χ0v) is 14.5. The molecule has 1 atom stereocenters. The Bertz CT molecular complexity index is 909. The highest BCUT2D eigenvalue weighted by atomic mass is 19.4. The van der Waals surface area contributed by atoms with Crippen molar-refractivity contribution in [2.45, 2.75) is 25.6 Å². The number of para-hydroxylation sites is 1. The van der Waals surface area contributed by atoms with Gasteiger partial charge in [0.2, 0.25) is 0 Å². The maximum absolute atomic E-state index is 13.1. The number of hydrogen-bond donors (Lipinski definition) is 0. The topological polar surface area (TPSA) is 55.5 Å². The van der Waals surface area contributed by atoms with Crippen molar-refractivity contribution in [3.8, 4) is 5.75 Å². The number of fused-ring (bicyclic) bond motifs is 1. The van der Waals surface area contributed by atoms with Crippen molar-refractivity contribution in [3.05, 3.63) is 47.8 Å². The molecule has 3 rings (SSSR count). The fourth-order valence-electron chi connectivity index (χ4n) is 2.95. The fraction of sp³-hybridized carbons (Fsp3) is 0.353. The smallest absolute Gasteiger partial charge is 0.453 e. The van der Waals surface area contributed by atoms with Crippen LogP contribution in [0.3, 0.4) is 0 Å². The summed E-state index contributed by atoms with van der Waals surface area (Å²) in [6.07, 6.45) is -3.92. The van der Waals surface area contributed by atoms with E-state index in [9.17, 15) is 13.2 Å². The third-order valence-corrected chi connectivity index (χ3v) is 4.22. The molecule has 1 aromatic carbocycles. The standard InChI is InChI=1S/C17H18F3N5O/c1-4-12(11-7-5-6-8-13(11)26-3)24(2)15-10-9-14-21-22-16(17(18,19)20)25(14)23-15/h5-10,12H,4H2,1-3H3/t12-/m0/s1. The number of alkyl halides is 3. The van der Waals surface area contributed by atoms with Crippen LogP contribution in [-0.2, 0) is 6.18 Å². The second-order valence-corrected chi connectivity index (χ2v) is 5.76. The summed E-state index contributed by atoms with van der Waals surface area (Å²) in [6.45, 7) is 1.99. The van der Waals surface area contributed by atoms with Gasteiger partial charge in [0.05, 0.1) is 13.2 Å². The van der Waals surface area contributed by atoms with E-state index in [1.54, 1.807) is 20.2 Å². The summed E-state index contributed by atoms with van der Waals surface area (Å²) >= 11 is 0. The molecular formula is C17H18F3N5O. The fourth-order valence-corrected chi connectivity index (χ4v) is 2.95. The van der Waals surface area contributed by atoms with Crippen molar-refractivity contribution in [1.29, 1.82) is 0 Å². The van der Waals surface area contributed by atoms with Crippen molar-refractivity contribution in [2.75, 3.05) is 19.1 Å². The predicted molar refractivity (Wildman–Crippen MR) is 90.2 cm³/mol. The van der Waals surface area contributed by atoms with Gasteiger partial charge in [0.25, 0.3) is 5.82 Å². The molecule has 0 aliphatic rings. The lowest BCUT2D eigenvalue weighted by Gasteiger charge is -2.29. The van der Waals surface area contributed by atoms with Crippen LogP contribution in [0, 0.1) is 0 Å². The molecule has 0 radical (unpaired) electrons. The Balaban J connectivity index is 2.04. The molecule has 9 heteroatoms. The Morgan fingerprint density at radius 1 is 1.15 bits per heavy atom. The first kappa shape index (κ1) is 18.0. The predicted octanol–water partition coefficient (Wildman–Crippen LogP) is 3.74. The van der Waals surface area contributed by atoms with Crippen LogP contribution in [0.2, 0.25) is 0 Å². The first-order valence-corrected chi connectivity index (χ1v) is 8.02. The van der Waals surface area contributed by atoms with E-state index in [4.69, 9.17) is 4.74 Å². The van der Waals surface area contributed by atoms with Crippen LogP contribution in [0.25, 0.3) is 5.65 Å². The lowest BCUT2D eigenvalue weighted by atomic mass is 10.0. The van der Waals surface area contributed by atoms with Crippen LogP contribution in [-0.4, -0.2) is 34.0 Å². The molecule has 3 aromatic rings. The molecule has 6 nitrogen and oxygen atoms in total. The van der Waals surface area contributed by atoms with Gasteiger partial charge in [0.1, 0.15) is 11.6 Å². The number of aromatic nitrogens is 4. The van der Waals surface area contributed by atoms with Crippen LogP contribution in [0.1, 0.15) is 30.8 Å². The van der Waals surface area contributed by atoms with E-state index in [2.05, 4.69) is 15.3 Å². The normalized spacial score (nSPS) is 13.0. The summed E-state index contributed by atoms with van der Waals surface area (Å²) in [6, 6.07) is 10.5. The molecule has 0 aliphatic carbocycles. The minimum atomic E-state index is -4.63. The van der Waals surface area contributed by atoms with Crippen molar-refractivity contribution in [1.82, 2.24) is 19.8 Å². The van der Waals surface area contributed by atoms with Crippen molar-refractivity contribution in [2.24, 2.45) is 0 Å². The van der Waals surface area contributed by atoms with Crippen LogP contribution in [0.15, 0.2) is 36.4 Å². The minimum absolute atomic E-state index is 0.0415. The Morgan fingerprint density at radius 2 is 1.88 bits per heavy atom. The second kappa shape index (κ2) is 6.81. The average molecular weight is 365 g/mol. The summed E-state index contributed by atoms with van der Waals surface area (Å²) in [5.74, 6) is -0.0544. The Labute approximate surface area is 148 Å². The monoisotopic (exact) mass is 365 g/mol. The van der Waals surface area contributed by atoms with E-state index >= 15 is 0 Å². The SMILES string of the molecule is CC[C@@H](c1ccccc1OC)N(C)c1ccc2nnc(C(F)(F)F)n2n1. The molecule has 2 heterocycles. The molecule has 0 saturated carbocycles. The van der Waals surface area contributed by atoms with Gasteiger partial charge < -0.3 is 9.64 Å². The molecular weight excluding hydrogens is 347 g/mol. The Hall–Kier alpha value is -2.84. The Morgan fingerprint density at radius 3 is 2.54 bits per heavy atom. The van der Waals surface area contributed by atoms with Gasteiger partial charge in [0.15, 0.2) is 5.65 Å². The zero-order valence-electron chi connectivity index (χ0n) is 14.5. The average Bonchev–Trinajstić information content (AvgIpc) is 3.06. The number of anilines is 1. The molecule has 26 heavy (non-hydrogen) atoms. The van der Waals surface area contributed by atoms with Crippen molar-refractivity contribution >= 4 is 11.5 Å². The lowest BCUT2D eigenvalue weighted by Crippen LogP contribution is -2.26. The molecule has 0 bridgehead atoms. The number of methoxy groups -OCH3 is 1. The van der Waals surface area contributed by atoms with Gasteiger partial charge in [-0.2, -0.15) is 17.7 Å². The second-order valence-electron chi connectivity index (χ2n) is 5.76. The van der Waals surface area contributed by atoms with E-state index < -0.39 is 12.0 Å². The van der Waals surface area contributed by atoms with E-state index in [1.807, 2.05) is 36.1 Å². The van der Waals surface area contributed by atoms with Gasteiger partial charge >= 0.3 is 6.18 Å². The number of ether oxygens (including phenoxy) is 1. The summed E-state index contributed by atoms with van der Waals surface area (Å²) in [5.41, 5.74) is 0.974. The largest absolute Gasteiger partial charge is 0.496 e. The van der Waals surface area contributed by atoms with Crippen LogP contribution in [0.5, 0.6) is 5.75 Å². The van der Waals surface area contributed by atoms with Crippen molar-refractivity contribution < 1.29 is 17.9 Å². The molecule has 0 spiro atoms. The molecule has 0 fully saturated rings. The van der Waals surface area contributed by atoms with E-state index in [0.29, 0.717) is 18.0 Å². The number of rotatable bonds is 5. The lowest BCUT2D eigenvalue weighted by molar-refractivity contribution is -0.146. The van der Waals surface area contributed by atoms with Crippen LogP contribution >= 0.6 is 0 Å². The summed E-state index contributed by atoms with van der Waals surface area (Å²) in [7, 11) is 3.37. The number of nitrogens with zero attached hydrogens (tertiary/aromatic N) is 5. The third-order valence-electron chi connectivity index (χ3n) is 4.22. The number of halogens is 3. The maximum atomic E-state index is 13.1. The Kier molecular flexibility index (Phi) is 4.71. The molecule has 138 valence electrons. The molecule has 0 N–H and O–H groups in total. The molecule has 0 amide bonds. The highest BCUT2D eigenvalue weighted by molar-refractivity contribution is 5.49. The first-order chi connectivity index (χ1) is 12.4. The maximum Gasteiger partial charge on any atom is 0.453 e. The highest BCUT2D eigenvalue weighted by Gasteiger charge is 2.37. The molecule has 0 aliphatic heterocycles. The first-order valence-electron chi connectivity index (χ1n) is 8.02. The van der Waals surface area contributed by atoms with Gasteiger partial charge in [-0.15, -0.1) is 15.3 Å². The van der Waals surface area contributed by atoms with Gasteiger partial charge in [0, 0.05) is 12.6 Å². The van der Waals surface area contributed by atoms with Gasteiger partial charge in [-0.25, -0.2) is 0 Å². The molecule has 2 aromatic heterocycles. The van der Waals surface area contributed by atoms with Gasteiger partial charge in [-0.05, 0) is 24.6 Å². The van der Waals surface area contributed by atoms with E-state index in [0.717, 1.165) is 10.1 Å². The summed E-state index contributed by atoms with van der Waals surface area (Å²) in [4.78, 5) is 1.82. The molecule has 0 unspecified atom stereocenters. The van der Waals surface area contributed by atoms with Crippen molar-refractivity contribution in [3.63, 3.8) is 0 Å². The third kappa shape index (κ3) is 3.16. The van der Waals surface area contributed by atoms with Crippen LogP contribution in [0.4, 0.5) is 19.0 Å². The summed E-state index contributed by atoms with van der Waals surface area (Å²) < 4.78 is 45.4. The summed E-state index contributed by atoms with van der Waals surface area (Å²) in [5, 5.41) is 10.8. The zero-order chi connectivity index (χ0) is 18.9. The minimum Gasteiger partial charge on any atom is -0.496 e. The quantitative estimate of drug-likeness (QED) is 0.689. The number of hydrogen-bond acceptors (Lipinski definition) is 5. The molecule has 0 saturated heterocycles. The van der Waals surface area contributed by atoms with Gasteiger partial charge in [-0.1, -0.05) is 25.1 Å².